The van der Waals surface area contributed by atoms with Crippen molar-refractivity contribution in [2.75, 3.05) is 37.7 Å². The molecular formula is C12H19N3O2S. The number of carbonyl (C=O) groups excluding carboxylic acids is 1. The lowest BCUT2D eigenvalue weighted by Gasteiger charge is -2.35. The van der Waals surface area contributed by atoms with Crippen molar-refractivity contribution in [3.8, 4) is 0 Å². The van der Waals surface area contributed by atoms with Gasteiger partial charge in [0.15, 0.2) is 5.13 Å². The highest BCUT2D eigenvalue weighted by Crippen LogP contribution is 2.19. The SMILES string of the molecule is CCO[C@H](C)C(=O)N1CCN(c2nccs2)CC1. The van der Waals surface area contributed by atoms with Gasteiger partial charge in [-0.25, -0.2) is 4.98 Å². The fraction of sp³-hybridized carbons (Fsp3) is 0.667. The number of thiazole rings is 1. The molecule has 1 atom stereocenters. The maximum absolute atomic E-state index is 12.1. The summed E-state index contributed by atoms with van der Waals surface area (Å²) in [5.41, 5.74) is 0. The van der Waals surface area contributed by atoms with Crippen molar-refractivity contribution >= 4 is 22.4 Å². The van der Waals surface area contributed by atoms with Crippen LogP contribution in [0.2, 0.25) is 0 Å². The largest absolute Gasteiger partial charge is 0.369 e. The Morgan fingerprint density at radius 3 is 2.78 bits per heavy atom. The van der Waals surface area contributed by atoms with Crippen LogP contribution in [0.25, 0.3) is 0 Å². The summed E-state index contributed by atoms with van der Waals surface area (Å²) in [6.45, 7) is 7.48. The van der Waals surface area contributed by atoms with E-state index in [4.69, 9.17) is 4.74 Å². The van der Waals surface area contributed by atoms with Gasteiger partial charge in [-0.3, -0.25) is 4.79 Å². The first-order valence-corrected chi connectivity index (χ1v) is 7.15. The maximum atomic E-state index is 12.1. The van der Waals surface area contributed by atoms with Crippen molar-refractivity contribution in [2.45, 2.75) is 20.0 Å². The van der Waals surface area contributed by atoms with E-state index in [0.29, 0.717) is 6.61 Å². The summed E-state index contributed by atoms with van der Waals surface area (Å²) in [5.74, 6) is 0.0932. The molecule has 2 rings (SSSR count). The zero-order valence-corrected chi connectivity index (χ0v) is 11.7. The minimum atomic E-state index is -0.332. The Hall–Kier alpha value is -1.14. The lowest BCUT2D eigenvalue weighted by atomic mass is 10.2. The quantitative estimate of drug-likeness (QED) is 0.824. The minimum absolute atomic E-state index is 0.0932. The zero-order chi connectivity index (χ0) is 13.0. The van der Waals surface area contributed by atoms with Crippen molar-refractivity contribution in [3.05, 3.63) is 11.6 Å². The molecule has 2 heterocycles. The van der Waals surface area contributed by atoms with Crippen molar-refractivity contribution in [3.63, 3.8) is 0 Å². The molecule has 0 unspecified atom stereocenters. The summed E-state index contributed by atoms with van der Waals surface area (Å²) >= 11 is 1.64. The van der Waals surface area contributed by atoms with Crippen LogP contribution in [0.3, 0.4) is 0 Å². The number of carbonyl (C=O) groups is 1. The third-order valence-corrected chi connectivity index (χ3v) is 3.88. The Kier molecular flexibility index (Phi) is 4.54. The number of nitrogens with zero attached hydrogens (tertiary/aromatic N) is 3. The Balaban J connectivity index is 1.85. The molecule has 0 bridgehead atoms. The number of amides is 1. The molecule has 0 aromatic carbocycles. The Morgan fingerprint density at radius 2 is 2.22 bits per heavy atom. The summed E-state index contributed by atoms with van der Waals surface area (Å²) in [6, 6.07) is 0. The molecule has 1 amide bonds. The van der Waals surface area contributed by atoms with Crippen LogP contribution < -0.4 is 4.90 Å². The van der Waals surface area contributed by atoms with Gasteiger partial charge >= 0.3 is 0 Å². The monoisotopic (exact) mass is 269 g/mol. The van der Waals surface area contributed by atoms with Crippen LogP contribution >= 0.6 is 11.3 Å². The van der Waals surface area contributed by atoms with Crippen molar-refractivity contribution < 1.29 is 9.53 Å². The maximum Gasteiger partial charge on any atom is 0.251 e. The molecule has 100 valence electrons. The van der Waals surface area contributed by atoms with E-state index in [1.165, 1.54) is 0 Å². The predicted octanol–water partition coefficient (Wildman–Crippen LogP) is 1.22. The fourth-order valence-electron chi connectivity index (χ4n) is 2.07. The molecule has 0 saturated carbocycles. The second kappa shape index (κ2) is 6.15. The third kappa shape index (κ3) is 3.00. The average Bonchev–Trinajstić information content (AvgIpc) is 2.92. The standard InChI is InChI=1S/C12H19N3O2S/c1-3-17-10(2)11(16)14-5-7-15(8-6-14)12-13-4-9-18-12/h4,9-10H,3,5-8H2,1-2H3/t10-/m1/s1. The van der Waals surface area contributed by atoms with Gasteiger partial charge in [-0.2, -0.15) is 0 Å². The number of hydrogen-bond acceptors (Lipinski definition) is 5. The molecule has 1 fully saturated rings. The Labute approximate surface area is 111 Å². The third-order valence-electron chi connectivity index (χ3n) is 3.05. The molecule has 0 radical (unpaired) electrons. The highest BCUT2D eigenvalue weighted by molar-refractivity contribution is 7.13. The predicted molar refractivity (Wildman–Crippen MR) is 72.0 cm³/mol. The van der Waals surface area contributed by atoms with Crippen molar-refractivity contribution in [2.24, 2.45) is 0 Å². The highest BCUT2D eigenvalue weighted by atomic mass is 32.1. The summed E-state index contributed by atoms with van der Waals surface area (Å²) in [6.07, 6.45) is 1.48. The zero-order valence-electron chi connectivity index (χ0n) is 10.8. The van der Waals surface area contributed by atoms with Crippen LogP contribution in [0.4, 0.5) is 5.13 Å². The molecule has 0 aliphatic carbocycles. The van der Waals surface area contributed by atoms with Crippen molar-refractivity contribution in [1.82, 2.24) is 9.88 Å². The van der Waals surface area contributed by atoms with E-state index >= 15 is 0 Å². The van der Waals surface area contributed by atoms with Gasteiger partial charge in [-0.1, -0.05) is 0 Å². The first kappa shape index (κ1) is 13.3. The van der Waals surface area contributed by atoms with Gasteiger partial charge in [0, 0.05) is 44.4 Å². The van der Waals surface area contributed by atoms with E-state index in [1.54, 1.807) is 11.3 Å². The fourth-order valence-corrected chi connectivity index (χ4v) is 2.77. The Bertz CT molecular complexity index is 375. The summed E-state index contributed by atoms with van der Waals surface area (Å²) < 4.78 is 5.34. The van der Waals surface area contributed by atoms with Crippen LogP contribution in [-0.4, -0.2) is 54.7 Å². The number of ether oxygens (including phenoxy) is 1. The van der Waals surface area contributed by atoms with E-state index in [1.807, 2.05) is 30.3 Å². The van der Waals surface area contributed by atoms with Crippen LogP contribution in [0, 0.1) is 0 Å². The van der Waals surface area contributed by atoms with Crippen LogP contribution in [-0.2, 0) is 9.53 Å². The van der Waals surface area contributed by atoms with Gasteiger partial charge in [0.1, 0.15) is 6.10 Å². The van der Waals surface area contributed by atoms with E-state index in [2.05, 4.69) is 9.88 Å². The van der Waals surface area contributed by atoms with Gasteiger partial charge in [0.05, 0.1) is 0 Å². The second-order valence-electron chi connectivity index (χ2n) is 4.22. The van der Waals surface area contributed by atoms with Crippen LogP contribution in [0.5, 0.6) is 0 Å². The van der Waals surface area contributed by atoms with Gasteiger partial charge in [0.2, 0.25) is 0 Å². The molecule has 1 aromatic rings. The molecule has 5 nitrogen and oxygen atoms in total. The molecule has 1 aliphatic rings. The molecule has 0 N–H and O–H groups in total. The summed E-state index contributed by atoms with van der Waals surface area (Å²) in [4.78, 5) is 20.4. The Morgan fingerprint density at radius 1 is 1.50 bits per heavy atom. The van der Waals surface area contributed by atoms with E-state index in [0.717, 1.165) is 31.3 Å². The smallest absolute Gasteiger partial charge is 0.251 e. The molecule has 1 aromatic heterocycles. The first-order chi connectivity index (χ1) is 8.72. The molecule has 0 spiro atoms. The number of rotatable bonds is 4. The number of piperazine rings is 1. The van der Waals surface area contributed by atoms with Gasteiger partial charge in [-0.15, -0.1) is 11.3 Å². The average molecular weight is 269 g/mol. The first-order valence-electron chi connectivity index (χ1n) is 6.27. The lowest BCUT2D eigenvalue weighted by Crippen LogP contribution is -2.51. The lowest BCUT2D eigenvalue weighted by molar-refractivity contribution is -0.142. The minimum Gasteiger partial charge on any atom is -0.369 e. The topological polar surface area (TPSA) is 45.7 Å². The van der Waals surface area contributed by atoms with Crippen LogP contribution in [0.1, 0.15) is 13.8 Å². The number of hydrogen-bond donors (Lipinski definition) is 0. The molecular weight excluding hydrogens is 250 g/mol. The van der Waals surface area contributed by atoms with Gasteiger partial charge in [-0.05, 0) is 13.8 Å². The second-order valence-corrected chi connectivity index (χ2v) is 5.10. The highest BCUT2D eigenvalue weighted by Gasteiger charge is 2.25. The van der Waals surface area contributed by atoms with Crippen LogP contribution in [0.15, 0.2) is 11.6 Å². The van der Waals surface area contributed by atoms with Gasteiger partial charge < -0.3 is 14.5 Å². The van der Waals surface area contributed by atoms with E-state index in [-0.39, 0.29) is 12.0 Å². The summed E-state index contributed by atoms with van der Waals surface area (Å²) in [5, 5.41) is 3.02. The molecule has 18 heavy (non-hydrogen) atoms. The van der Waals surface area contributed by atoms with E-state index < -0.39 is 0 Å². The number of anilines is 1. The molecule has 6 heteroatoms. The van der Waals surface area contributed by atoms with E-state index in [9.17, 15) is 4.79 Å². The summed E-state index contributed by atoms with van der Waals surface area (Å²) in [7, 11) is 0. The molecule has 1 saturated heterocycles. The normalized spacial score (nSPS) is 17.9. The van der Waals surface area contributed by atoms with Gasteiger partial charge in [0.25, 0.3) is 5.91 Å². The number of aromatic nitrogens is 1. The molecule has 1 aliphatic heterocycles. The van der Waals surface area contributed by atoms with Crippen molar-refractivity contribution in [1.29, 1.82) is 0 Å².